The molecule has 0 bridgehead atoms. The topological polar surface area (TPSA) is 136 Å². The summed E-state index contributed by atoms with van der Waals surface area (Å²) >= 11 is 0. The third-order valence-corrected chi connectivity index (χ3v) is 5.22. The van der Waals surface area contributed by atoms with Gasteiger partial charge in [-0.15, -0.1) is 0 Å². The molecule has 0 spiro atoms. The number of anilines is 1. The summed E-state index contributed by atoms with van der Waals surface area (Å²) in [4.78, 5) is 31.6. The van der Waals surface area contributed by atoms with Gasteiger partial charge in [0.05, 0.1) is 12.9 Å². The first-order valence-electron chi connectivity index (χ1n) is 6.41. The number of hydrogen-bond donors (Lipinski definition) is 3. The highest BCUT2D eigenvalue weighted by atomic mass is 31.2. The van der Waals surface area contributed by atoms with Gasteiger partial charge in [0.25, 0.3) is 5.56 Å². The molecule has 1 atom stereocenters. The molecule has 1 unspecified atom stereocenters. The Balaban J connectivity index is 2.02. The molecule has 0 saturated heterocycles. The van der Waals surface area contributed by atoms with Crippen LogP contribution in [-0.2, 0) is 15.8 Å². The van der Waals surface area contributed by atoms with E-state index >= 15 is 0 Å². The zero-order valence-electron chi connectivity index (χ0n) is 11.8. The van der Waals surface area contributed by atoms with Crippen LogP contribution in [0.3, 0.4) is 0 Å². The van der Waals surface area contributed by atoms with E-state index in [-0.39, 0.29) is 30.1 Å². The van der Waals surface area contributed by atoms with Gasteiger partial charge in [-0.3, -0.25) is 14.3 Å². The van der Waals surface area contributed by atoms with E-state index in [1.807, 2.05) is 0 Å². The van der Waals surface area contributed by atoms with Crippen LogP contribution in [0.25, 0.3) is 11.2 Å². The van der Waals surface area contributed by atoms with E-state index in [0.29, 0.717) is 12.2 Å². The molecule has 0 amide bonds. The predicted molar refractivity (Wildman–Crippen MR) is 78.3 cm³/mol. The molecule has 4 N–H and O–H groups in total. The SMILES string of the molecule is CC(C)P(=O)(O)COCCn1cnc2c(=O)[nH]c(N)nc21. The van der Waals surface area contributed by atoms with Crippen molar-refractivity contribution in [3.05, 3.63) is 16.7 Å². The molecule has 0 aliphatic rings. The summed E-state index contributed by atoms with van der Waals surface area (Å²) in [6.45, 7) is 3.90. The van der Waals surface area contributed by atoms with E-state index in [4.69, 9.17) is 10.5 Å². The third-order valence-electron chi connectivity index (χ3n) is 3.05. The number of rotatable bonds is 6. The normalized spacial score (nSPS) is 14.7. The average Bonchev–Trinajstić information content (AvgIpc) is 2.78. The van der Waals surface area contributed by atoms with Crippen LogP contribution in [0.15, 0.2) is 11.1 Å². The fourth-order valence-corrected chi connectivity index (χ4v) is 2.33. The van der Waals surface area contributed by atoms with Crippen LogP contribution in [-0.4, -0.2) is 43.0 Å². The minimum atomic E-state index is -3.27. The fraction of sp³-hybridized carbons (Fsp3) is 0.545. The number of hydrogen-bond acceptors (Lipinski definition) is 6. The minimum absolute atomic E-state index is 0.00911. The summed E-state index contributed by atoms with van der Waals surface area (Å²) < 4.78 is 18.6. The second-order valence-electron chi connectivity index (χ2n) is 4.95. The Morgan fingerprint density at radius 3 is 2.95 bits per heavy atom. The summed E-state index contributed by atoms with van der Waals surface area (Å²) in [5, 5.41) is 0. The van der Waals surface area contributed by atoms with Gasteiger partial charge < -0.3 is 19.9 Å². The minimum Gasteiger partial charge on any atom is -0.369 e. The smallest absolute Gasteiger partial charge is 0.280 e. The van der Waals surface area contributed by atoms with Gasteiger partial charge in [-0.25, -0.2) is 4.98 Å². The first-order valence-corrected chi connectivity index (χ1v) is 8.32. The number of nitrogens with zero attached hydrogens (tertiary/aromatic N) is 3. The van der Waals surface area contributed by atoms with Gasteiger partial charge in [-0.1, -0.05) is 13.8 Å². The molecule has 9 nitrogen and oxygen atoms in total. The Morgan fingerprint density at radius 2 is 2.29 bits per heavy atom. The van der Waals surface area contributed by atoms with Crippen LogP contribution in [0.1, 0.15) is 13.8 Å². The molecule has 0 saturated carbocycles. The van der Waals surface area contributed by atoms with E-state index in [1.165, 1.54) is 6.33 Å². The lowest BCUT2D eigenvalue weighted by Gasteiger charge is -2.15. The number of aromatic nitrogens is 4. The van der Waals surface area contributed by atoms with Gasteiger partial charge in [-0.05, 0) is 0 Å². The second-order valence-corrected chi connectivity index (χ2v) is 7.75. The molecular formula is C11H18N5O4P. The maximum Gasteiger partial charge on any atom is 0.280 e. The molecule has 21 heavy (non-hydrogen) atoms. The number of nitrogen functional groups attached to an aromatic ring is 1. The maximum absolute atomic E-state index is 11.7. The van der Waals surface area contributed by atoms with Crippen molar-refractivity contribution in [2.24, 2.45) is 0 Å². The van der Waals surface area contributed by atoms with Crippen LogP contribution >= 0.6 is 7.37 Å². The maximum atomic E-state index is 11.7. The molecule has 2 rings (SSSR count). The van der Waals surface area contributed by atoms with Gasteiger partial charge >= 0.3 is 0 Å². The molecule has 0 aliphatic carbocycles. The number of H-pyrrole nitrogens is 1. The summed E-state index contributed by atoms with van der Waals surface area (Å²) in [5.74, 6) is 0.00911. The molecular weight excluding hydrogens is 297 g/mol. The number of fused-ring (bicyclic) bond motifs is 1. The number of nitrogens with one attached hydrogen (secondary N) is 1. The number of imidazole rings is 1. The van der Waals surface area contributed by atoms with Gasteiger partial charge in [0.15, 0.2) is 11.2 Å². The van der Waals surface area contributed by atoms with Crippen molar-refractivity contribution in [2.45, 2.75) is 26.1 Å². The van der Waals surface area contributed by atoms with Crippen LogP contribution in [0.2, 0.25) is 0 Å². The van der Waals surface area contributed by atoms with E-state index in [1.54, 1.807) is 18.4 Å². The molecule has 2 heterocycles. The first kappa shape index (κ1) is 15.7. The molecule has 0 fully saturated rings. The number of aromatic amines is 1. The van der Waals surface area contributed by atoms with Crippen LogP contribution in [0, 0.1) is 0 Å². The zero-order chi connectivity index (χ0) is 15.6. The number of ether oxygens (including phenoxy) is 1. The highest BCUT2D eigenvalue weighted by molar-refractivity contribution is 7.58. The lowest BCUT2D eigenvalue weighted by Crippen LogP contribution is -2.13. The van der Waals surface area contributed by atoms with Crippen molar-refractivity contribution in [3.8, 4) is 0 Å². The first-order chi connectivity index (χ1) is 9.81. The Hall–Kier alpha value is -1.70. The Morgan fingerprint density at radius 1 is 1.57 bits per heavy atom. The molecule has 116 valence electrons. The molecule has 0 radical (unpaired) electrons. The van der Waals surface area contributed by atoms with Crippen molar-refractivity contribution in [1.82, 2.24) is 19.5 Å². The van der Waals surface area contributed by atoms with E-state index < -0.39 is 12.9 Å². The van der Waals surface area contributed by atoms with Crippen molar-refractivity contribution in [2.75, 3.05) is 18.7 Å². The molecule has 2 aromatic rings. The molecule has 0 aromatic carbocycles. The van der Waals surface area contributed by atoms with Gasteiger partial charge in [0.1, 0.15) is 6.35 Å². The van der Waals surface area contributed by atoms with Crippen LogP contribution < -0.4 is 11.3 Å². The van der Waals surface area contributed by atoms with Gasteiger partial charge in [0, 0.05) is 12.2 Å². The molecule has 2 aromatic heterocycles. The standard InChI is InChI=1S/C11H18N5O4P/c1-7(2)21(18,19)6-20-4-3-16-5-13-8-9(16)14-11(12)15-10(8)17/h5,7H,3-4,6H2,1-2H3,(H,18,19)(H3,12,14,15,17). The van der Waals surface area contributed by atoms with Crippen LogP contribution in [0.5, 0.6) is 0 Å². The highest BCUT2D eigenvalue weighted by Crippen LogP contribution is 2.45. The highest BCUT2D eigenvalue weighted by Gasteiger charge is 2.23. The summed E-state index contributed by atoms with van der Waals surface area (Å²) in [6, 6.07) is 0. The number of nitrogens with two attached hydrogens (primary N) is 1. The molecule has 0 aliphatic heterocycles. The lowest BCUT2D eigenvalue weighted by atomic mass is 10.5. The lowest BCUT2D eigenvalue weighted by molar-refractivity contribution is 0.159. The summed E-state index contributed by atoms with van der Waals surface area (Å²) in [5.41, 5.74) is 5.29. The molecule has 10 heteroatoms. The quantitative estimate of drug-likeness (QED) is 0.517. The largest absolute Gasteiger partial charge is 0.369 e. The Kier molecular flexibility index (Phi) is 4.46. The van der Waals surface area contributed by atoms with Crippen molar-refractivity contribution >= 4 is 24.5 Å². The monoisotopic (exact) mass is 315 g/mol. The van der Waals surface area contributed by atoms with Crippen molar-refractivity contribution < 1.29 is 14.2 Å². The van der Waals surface area contributed by atoms with Crippen LogP contribution in [0.4, 0.5) is 5.95 Å². The zero-order valence-corrected chi connectivity index (χ0v) is 12.7. The summed E-state index contributed by atoms with van der Waals surface area (Å²) in [7, 11) is -3.27. The Labute approximate surface area is 120 Å². The van der Waals surface area contributed by atoms with E-state index in [9.17, 15) is 14.3 Å². The predicted octanol–water partition coefficient (Wildman–Crippen LogP) is 0.355. The van der Waals surface area contributed by atoms with E-state index in [2.05, 4.69) is 15.0 Å². The van der Waals surface area contributed by atoms with Crippen molar-refractivity contribution in [1.29, 1.82) is 0 Å². The summed E-state index contributed by atoms with van der Waals surface area (Å²) in [6.07, 6.45) is 1.25. The third kappa shape index (κ3) is 3.49. The Bertz CT molecular complexity index is 738. The second kappa shape index (κ2) is 5.97. The van der Waals surface area contributed by atoms with E-state index in [0.717, 1.165) is 0 Å². The van der Waals surface area contributed by atoms with Gasteiger partial charge in [-0.2, -0.15) is 4.98 Å². The van der Waals surface area contributed by atoms with Crippen molar-refractivity contribution in [3.63, 3.8) is 0 Å². The fourth-order valence-electron chi connectivity index (χ4n) is 1.64. The average molecular weight is 315 g/mol. The van der Waals surface area contributed by atoms with Gasteiger partial charge in [0.2, 0.25) is 13.3 Å².